The molecule has 0 bridgehead atoms. The molecule has 2 atom stereocenters. The summed E-state index contributed by atoms with van der Waals surface area (Å²) < 4.78 is 20.0. The van der Waals surface area contributed by atoms with Gasteiger partial charge in [0.1, 0.15) is 5.82 Å². The third-order valence-electron chi connectivity index (χ3n) is 3.80. The first-order valence-electron chi connectivity index (χ1n) is 7.23. The van der Waals surface area contributed by atoms with Crippen LogP contribution in [0.25, 0.3) is 0 Å². The van der Waals surface area contributed by atoms with Gasteiger partial charge in [0.15, 0.2) is 0 Å². The van der Waals surface area contributed by atoms with E-state index in [1.54, 1.807) is 6.07 Å². The molecule has 1 aliphatic rings. The number of hydrogen-bond acceptors (Lipinski definition) is 2. The Hall–Kier alpha value is -0.930. The largest absolute Gasteiger partial charge is 0.378 e. The maximum atomic E-state index is 14.3. The molecule has 0 amide bonds. The molecule has 2 unspecified atom stereocenters. The third kappa shape index (κ3) is 3.54. The van der Waals surface area contributed by atoms with Gasteiger partial charge in [-0.3, -0.25) is 0 Å². The SMILES string of the molecule is CCNC(CC1CCCO1)c1c(C)cc(C)cc1F. The van der Waals surface area contributed by atoms with E-state index in [0.717, 1.165) is 49.1 Å². The lowest BCUT2D eigenvalue weighted by Gasteiger charge is -2.24. The van der Waals surface area contributed by atoms with Gasteiger partial charge >= 0.3 is 0 Å². The summed E-state index contributed by atoms with van der Waals surface area (Å²) in [6.07, 6.45) is 3.34. The first kappa shape index (κ1) is 14.5. The van der Waals surface area contributed by atoms with Crippen LogP contribution >= 0.6 is 0 Å². The molecule has 0 aliphatic carbocycles. The molecule has 2 rings (SSSR count). The van der Waals surface area contributed by atoms with Crippen LogP contribution in [0.4, 0.5) is 4.39 Å². The molecule has 19 heavy (non-hydrogen) atoms. The van der Waals surface area contributed by atoms with Crippen molar-refractivity contribution < 1.29 is 9.13 Å². The molecule has 1 N–H and O–H groups in total. The Kier molecular flexibility index (Phi) is 4.94. The lowest BCUT2D eigenvalue weighted by atomic mass is 9.93. The van der Waals surface area contributed by atoms with Crippen LogP contribution in [-0.4, -0.2) is 19.3 Å². The zero-order valence-corrected chi connectivity index (χ0v) is 12.1. The van der Waals surface area contributed by atoms with Gasteiger partial charge in [0.25, 0.3) is 0 Å². The fourth-order valence-electron chi connectivity index (χ4n) is 3.01. The number of benzene rings is 1. The summed E-state index contributed by atoms with van der Waals surface area (Å²) in [7, 11) is 0. The fraction of sp³-hybridized carbons (Fsp3) is 0.625. The highest BCUT2D eigenvalue weighted by molar-refractivity contribution is 5.34. The van der Waals surface area contributed by atoms with Gasteiger partial charge in [-0.15, -0.1) is 0 Å². The normalized spacial score (nSPS) is 20.7. The highest BCUT2D eigenvalue weighted by Gasteiger charge is 2.24. The Morgan fingerprint density at radius 1 is 1.42 bits per heavy atom. The molecule has 3 heteroatoms. The quantitative estimate of drug-likeness (QED) is 0.877. The van der Waals surface area contributed by atoms with E-state index in [2.05, 4.69) is 18.3 Å². The van der Waals surface area contributed by atoms with Crippen molar-refractivity contribution in [3.05, 3.63) is 34.6 Å². The summed E-state index contributed by atoms with van der Waals surface area (Å²) in [5.74, 6) is -0.0959. The van der Waals surface area contributed by atoms with E-state index in [1.807, 2.05) is 13.8 Å². The van der Waals surface area contributed by atoms with Gasteiger partial charge in [-0.25, -0.2) is 4.39 Å². The predicted molar refractivity (Wildman–Crippen MR) is 75.9 cm³/mol. The van der Waals surface area contributed by atoms with E-state index in [4.69, 9.17) is 4.74 Å². The van der Waals surface area contributed by atoms with Crippen molar-refractivity contribution in [1.82, 2.24) is 5.32 Å². The van der Waals surface area contributed by atoms with Crippen molar-refractivity contribution in [2.24, 2.45) is 0 Å². The van der Waals surface area contributed by atoms with E-state index in [0.29, 0.717) is 0 Å². The van der Waals surface area contributed by atoms with Crippen molar-refractivity contribution in [2.45, 2.75) is 52.2 Å². The Balaban J connectivity index is 2.22. The van der Waals surface area contributed by atoms with Crippen LogP contribution in [-0.2, 0) is 4.74 Å². The molecule has 0 saturated carbocycles. The molecule has 0 spiro atoms. The second kappa shape index (κ2) is 6.49. The monoisotopic (exact) mass is 265 g/mol. The minimum absolute atomic E-state index is 0.0497. The van der Waals surface area contributed by atoms with Crippen molar-refractivity contribution in [3.8, 4) is 0 Å². The maximum absolute atomic E-state index is 14.3. The van der Waals surface area contributed by atoms with Crippen LogP contribution in [0.1, 0.15) is 48.9 Å². The Labute approximate surface area is 115 Å². The minimum atomic E-state index is -0.0959. The fourth-order valence-corrected chi connectivity index (χ4v) is 3.01. The molecule has 1 aliphatic heterocycles. The number of hydrogen-bond donors (Lipinski definition) is 1. The molecular formula is C16H24FNO. The summed E-state index contributed by atoms with van der Waals surface area (Å²) >= 11 is 0. The lowest BCUT2D eigenvalue weighted by molar-refractivity contribution is 0.0943. The van der Waals surface area contributed by atoms with E-state index >= 15 is 0 Å². The predicted octanol–water partition coefficient (Wildman–Crippen LogP) is 3.66. The molecule has 1 fully saturated rings. The van der Waals surface area contributed by atoms with Crippen LogP contribution in [0.5, 0.6) is 0 Å². The number of halogens is 1. The molecule has 0 aromatic heterocycles. The van der Waals surface area contributed by atoms with Crippen molar-refractivity contribution in [1.29, 1.82) is 0 Å². The van der Waals surface area contributed by atoms with Gasteiger partial charge in [0.05, 0.1) is 6.10 Å². The maximum Gasteiger partial charge on any atom is 0.128 e. The van der Waals surface area contributed by atoms with E-state index in [-0.39, 0.29) is 18.0 Å². The van der Waals surface area contributed by atoms with Gasteiger partial charge < -0.3 is 10.1 Å². The van der Waals surface area contributed by atoms with Gasteiger partial charge in [-0.1, -0.05) is 13.0 Å². The number of rotatable bonds is 5. The van der Waals surface area contributed by atoms with Crippen LogP contribution in [0.2, 0.25) is 0 Å². The van der Waals surface area contributed by atoms with Gasteiger partial charge in [0.2, 0.25) is 0 Å². The molecule has 106 valence electrons. The average Bonchev–Trinajstić information content (AvgIpc) is 2.80. The summed E-state index contributed by atoms with van der Waals surface area (Å²) in [5, 5.41) is 3.41. The molecule has 1 heterocycles. The van der Waals surface area contributed by atoms with Gasteiger partial charge in [0, 0.05) is 18.2 Å². The third-order valence-corrected chi connectivity index (χ3v) is 3.80. The standard InChI is InChI=1S/C16H24FNO/c1-4-18-15(10-13-6-5-7-19-13)16-12(3)8-11(2)9-14(16)17/h8-9,13,15,18H,4-7,10H2,1-3H3. The lowest BCUT2D eigenvalue weighted by Crippen LogP contribution is -2.27. The molecule has 1 aromatic rings. The minimum Gasteiger partial charge on any atom is -0.378 e. The number of nitrogens with one attached hydrogen (secondary N) is 1. The van der Waals surface area contributed by atoms with Crippen LogP contribution < -0.4 is 5.32 Å². The summed E-state index contributed by atoms with van der Waals surface area (Å²) in [6.45, 7) is 7.67. The summed E-state index contributed by atoms with van der Waals surface area (Å²) in [5.41, 5.74) is 2.82. The van der Waals surface area contributed by atoms with Crippen LogP contribution in [0, 0.1) is 19.7 Å². The molecule has 1 aromatic carbocycles. The Bertz CT molecular complexity index is 404. The van der Waals surface area contributed by atoms with Gasteiger partial charge in [-0.05, 0) is 56.8 Å². The second-order valence-electron chi connectivity index (χ2n) is 5.46. The van der Waals surface area contributed by atoms with Crippen molar-refractivity contribution in [2.75, 3.05) is 13.2 Å². The number of aryl methyl sites for hydroxylation is 2. The van der Waals surface area contributed by atoms with Gasteiger partial charge in [-0.2, -0.15) is 0 Å². The van der Waals surface area contributed by atoms with E-state index in [9.17, 15) is 4.39 Å². The van der Waals surface area contributed by atoms with E-state index < -0.39 is 0 Å². The highest BCUT2D eigenvalue weighted by Crippen LogP contribution is 2.29. The average molecular weight is 265 g/mol. The van der Waals surface area contributed by atoms with Crippen LogP contribution in [0.3, 0.4) is 0 Å². The summed E-state index contributed by atoms with van der Waals surface area (Å²) in [6, 6.07) is 3.73. The smallest absolute Gasteiger partial charge is 0.128 e. The second-order valence-corrected chi connectivity index (χ2v) is 5.46. The molecular weight excluding hydrogens is 241 g/mol. The first-order chi connectivity index (χ1) is 9.11. The van der Waals surface area contributed by atoms with Crippen molar-refractivity contribution in [3.63, 3.8) is 0 Å². The van der Waals surface area contributed by atoms with E-state index in [1.165, 1.54) is 0 Å². The van der Waals surface area contributed by atoms with Crippen LogP contribution in [0.15, 0.2) is 12.1 Å². The molecule has 0 radical (unpaired) electrons. The Morgan fingerprint density at radius 2 is 2.21 bits per heavy atom. The molecule has 1 saturated heterocycles. The highest BCUT2D eigenvalue weighted by atomic mass is 19.1. The zero-order chi connectivity index (χ0) is 13.8. The van der Waals surface area contributed by atoms with Crippen molar-refractivity contribution >= 4 is 0 Å². The number of ether oxygens (including phenoxy) is 1. The Morgan fingerprint density at radius 3 is 2.79 bits per heavy atom. The summed E-state index contributed by atoms with van der Waals surface area (Å²) in [4.78, 5) is 0. The topological polar surface area (TPSA) is 21.3 Å². The molecule has 2 nitrogen and oxygen atoms in total. The first-order valence-corrected chi connectivity index (χ1v) is 7.23. The zero-order valence-electron chi connectivity index (χ0n) is 12.1.